The lowest BCUT2D eigenvalue weighted by atomic mass is 9.95. The normalized spacial score (nSPS) is 17.8. The number of carbonyl (C=O) groups is 1. The van der Waals surface area contributed by atoms with Gasteiger partial charge in [0.2, 0.25) is 0 Å². The van der Waals surface area contributed by atoms with Gasteiger partial charge in [-0.1, -0.05) is 0 Å². The summed E-state index contributed by atoms with van der Waals surface area (Å²) < 4.78 is 7.43. The van der Waals surface area contributed by atoms with Crippen LogP contribution in [0.1, 0.15) is 63.9 Å². The molecule has 1 aromatic heterocycles. The van der Waals surface area contributed by atoms with Crippen LogP contribution in [0.5, 0.6) is 0 Å². The van der Waals surface area contributed by atoms with Gasteiger partial charge in [0, 0.05) is 44.5 Å². The third-order valence-corrected chi connectivity index (χ3v) is 5.41. The number of ether oxygens (including phenoxy) is 1. The van der Waals surface area contributed by atoms with E-state index in [0.717, 1.165) is 62.8 Å². The molecule has 2 rings (SSSR count). The molecule has 1 amide bonds. The first-order valence-corrected chi connectivity index (χ1v) is 11.1. The Bertz CT molecular complexity index is 735. The Hall–Kier alpha value is -2.25. The summed E-state index contributed by atoms with van der Waals surface area (Å²) in [4.78, 5) is 19.0. The van der Waals surface area contributed by atoms with E-state index >= 15 is 0 Å². The second kappa shape index (κ2) is 10.7. The molecule has 2 heterocycles. The topological polar surface area (TPSA) is 83.8 Å². The van der Waals surface area contributed by atoms with Crippen LogP contribution in [0.3, 0.4) is 0 Å². The maximum Gasteiger partial charge on any atom is 0.410 e. The van der Waals surface area contributed by atoms with Gasteiger partial charge in [-0.3, -0.25) is 4.68 Å². The van der Waals surface area contributed by atoms with Crippen LogP contribution in [0.4, 0.5) is 4.79 Å². The number of aryl methyl sites for hydroxylation is 2. The van der Waals surface area contributed by atoms with Crippen LogP contribution in [-0.2, 0) is 18.3 Å². The summed E-state index contributed by atoms with van der Waals surface area (Å²) in [5.41, 5.74) is 2.90. The first-order valence-electron chi connectivity index (χ1n) is 11.1. The number of aliphatic imine (C=N–C) groups is 1. The molecule has 1 aliphatic heterocycles. The van der Waals surface area contributed by atoms with E-state index in [4.69, 9.17) is 9.73 Å². The molecule has 1 aromatic rings. The second-order valence-corrected chi connectivity index (χ2v) is 9.12. The maximum atomic E-state index is 12.4. The number of guanidine groups is 1. The number of rotatable bonds is 6. The van der Waals surface area contributed by atoms with Crippen LogP contribution in [0.25, 0.3) is 0 Å². The summed E-state index contributed by atoms with van der Waals surface area (Å²) >= 11 is 0. The van der Waals surface area contributed by atoms with Gasteiger partial charge in [0.1, 0.15) is 5.60 Å². The molecule has 0 saturated carbocycles. The molecule has 1 atom stereocenters. The summed E-state index contributed by atoms with van der Waals surface area (Å²) in [6.07, 6.45) is 2.96. The van der Waals surface area contributed by atoms with Crippen molar-refractivity contribution in [2.24, 2.45) is 18.0 Å². The van der Waals surface area contributed by atoms with Crippen molar-refractivity contribution in [3.63, 3.8) is 0 Å². The average molecular weight is 421 g/mol. The van der Waals surface area contributed by atoms with E-state index in [1.165, 1.54) is 5.56 Å². The van der Waals surface area contributed by atoms with Gasteiger partial charge in [0.25, 0.3) is 0 Å². The third kappa shape index (κ3) is 7.22. The predicted molar refractivity (Wildman–Crippen MR) is 121 cm³/mol. The van der Waals surface area contributed by atoms with Crippen molar-refractivity contribution < 1.29 is 9.53 Å². The molecular weight excluding hydrogens is 380 g/mol. The lowest BCUT2D eigenvalue weighted by Gasteiger charge is -2.34. The van der Waals surface area contributed by atoms with Gasteiger partial charge >= 0.3 is 6.09 Å². The molecule has 0 bridgehead atoms. The van der Waals surface area contributed by atoms with Crippen LogP contribution in [0, 0.1) is 19.8 Å². The smallest absolute Gasteiger partial charge is 0.410 e. The Morgan fingerprint density at radius 2 is 2.03 bits per heavy atom. The highest BCUT2D eigenvalue weighted by molar-refractivity contribution is 5.79. The standard InChI is InChI=1S/C22H40N6O2/c1-8-23-20(25-14-19-16(2)26-27(7)17(19)3)24-12-11-18-10-9-13-28(15-18)21(29)30-22(4,5)6/h18H,8-15H2,1-7H3,(H2,23,24,25). The summed E-state index contributed by atoms with van der Waals surface area (Å²) in [6, 6.07) is 0. The molecule has 1 saturated heterocycles. The van der Waals surface area contributed by atoms with Gasteiger partial charge in [-0.05, 0) is 66.7 Å². The van der Waals surface area contributed by atoms with E-state index in [-0.39, 0.29) is 6.09 Å². The quantitative estimate of drug-likeness (QED) is 0.546. The minimum atomic E-state index is -0.451. The molecule has 30 heavy (non-hydrogen) atoms. The lowest BCUT2D eigenvalue weighted by molar-refractivity contribution is 0.0162. The van der Waals surface area contributed by atoms with Crippen molar-refractivity contribution in [3.8, 4) is 0 Å². The number of nitrogens with zero attached hydrogens (tertiary/aromatic N) is 4. The van der Waals surface area contributed by atoms with E-state index in [2.05, 4.69) is 29.6 Å². The number of piperidine rings is 1. The number of nitrogens with one attached hydrogen (secondary N) is 2. The van der Waals surface area contributed by atoms with E-state index in [1.807, 2.05) is 44.3 Å². The van der Waals surface area contributed by atoms with Crippen LogP contribution in [0.15, 0.2) is 4.99 Å². The Morgan fingerprint density at radius 3 is 2.63 bits per heavy atom. The second-order valence-electron chi connectivity index (χ2n) is 9.12. The molecule has 0 spiro atoms. The van der Waals surface area contributed by atoms with Crippen molar-refractivity contribution >= 4 is 12.1 Å². The van der Waals surface area contributed by atoms with E-state index < -0.39 is 5.60 Å². The highest BCUT2D eigenvalue weighted by Crippen LogP contribution is 2.21. The Morgan fingerprint density at radius 1 is 1.30 bits per heavy atom. The van der Waals surface area contributed by atoms with Gasteiger partial charge < -0.3 is 20.3 Å². The van der Waals surface area contributed by atoms with Gasteiger partial charge in [-0.25, -0.2) is 9.79 Å². The summed E-state index contributed by atoms with van der Waals surface area (Å²) in [6.45, 7) is 15.7. The van der Waals surface area contributed by atoms with Gasteiger partial charge in [0.05, 0.1) is 12.2 Å². The maximum absolute atomic E-state index is 12.4. The zero-order chi connectivity index (χ0) is 22.3. The molecule has 0 aliphatic carbocycles. The Labute approximate surface area is 181 Å². The number of carbonyl (C=O) groups excluding carboxylic acids is 1. The van der Waals surface area contributed by atoms with Gasteiger partial charge in [-0.2, -0.15) is 5.10 Å². The minimum absolute atomic E-state index is 0.197. The minimum Gasteiger partial charge on any atom is -0.444 e. The van der Waals surface area contributed by atoms with Gasteiger partial charge in [-0.15, -0.1) is 0 Å². The number of likely N-dealkylation sites (tertiary alicyclic amines) is 1. The van der Waals surface area contributed by atoms with Crippen LogP contribution in [0.2, 0.25) is 0 Å². The third-order valence-electron chi connectivity index (χ3n) is 5.41. The lowest BCUT2D eigenvalue weighted by Crippen LogP contribution is -2.44. The monoisotopic (exact) mass is 420 g/mol. The first-order chi connectivity index (χ1) is 14.1. The molecule has 1 aliphatic rings. The Kier molecular flexibility index (Phi) is 8.55. The number of hydrogen-bond donors (Lipinski definition) is 2. The van der Waals surface area contributed by atoms with E-state index in [0.29, 0.717) is 12.5 Å². The molecule has 170 valence electrons. The average Bonchev–Trinajstić information content (AvgIpc) is 2.90. The summed E-state index contributed by atoms with van der Waals surface area (Å²) in [7, 11) is 1.96. The molecule has 8 heteroatoms. The van der Waals surface area contributed by atoms with Crippen molar-refractivity contribution in [2.75, 3.05) is 26.2 Å². The first kappa shape index (κ1) is 24.0. The van der Waals surface area contributed by atoms with Gasteiger partial charge in [0.15, 0.2) is 5.96 Å². The predicted octanol–water partition coefficient (Wildman–Crippen LogP) is 3.13. The molecule has 0 aromatic carbocycles. The molecule has 8 nitrogen and oxygen atoms in total. The Balaban J connectivity index is 1.85. The fourth-order valence-corrected chi connectivity index (χ4v) is 3.73. The fourth-order valence-electron chi connectivity index (χ4n) is 3.73. The van der Waals surface area contributed by atoms with Crippen molar-refractivity contribution in [3.05, 3.63) is 17.0 Å². The molecule has 1 unspecified atom stereocenters. The van der Waals surface area contributed by atoms with Crippen molar-refractivity contribution in [1.29, 1.82) is 0 Å². The number of aromatic nitrogens is 2. The summed E-state index contributed by atoms with van der Waals surface area (Å²) in [5.74, 6) is 1.30. The molecular formula is C22H40N6O2. The summed E-state index contributed by atoms with van der Waals surface area (Å²) in [5, 5.41) is 11.2. The number of hydrogen-bond acceptors (Lipinski definition) is 4. The van der Waals surface area contributed by atoms with Crippen LogP contribution >= 0.6 is 0 Å². The van der Waals surface area contributed by atoms with Crippen molar-refractivity contribution in [2.45, 2.75) is 73.0 Å². The number of amides is 1. The van der Waals surface area contributed by atoms with E-state index in [1.54, 1.807) is 0 Å². The molecule has 1 fully saturated rings. The zero-order valence-electron chi connectivity index (χ0n) is 19.8. The van der Waals surface area contributed by atoms with Crippen LogP contribution in [-0.4, -0.2) is 58.5 Å². The van der Waals surface area contributed by atoms with Crippen molar-refractivity contribution in [1.82, 2.24) is 25.3 Å². The van der Waals surface area contributed by atoms with Crippen LogP contribution < -0.4 is 10.6 Å². The van der Waals surface area contributed by atoms with E-state index in [9.17, 15) is 4.79 Å². The SMILES string of the molecule is CCNC(=NCc1c(C)nn(C)c1C)NCCC1CCCN(C(=O)OC(C)(C)C)C1. The largest absolute Gasteiger partial charge is 0.444 e. The highest BCUT2D eigenvalue weighted by Gasteiger charge is 2.27. The zero-order valence-corrected chi connectivity index (χ0v) is 19.8. The molecule has 2 N–H and O–H groups in total. The molecule has 0 radical (unpaired) electrons. The highest BCUT2D eigenvalue weighted by atomic mass is 16.6. The fraction of sp³-hybridized carbons (Fsp3) is 0.773.